The molecule has 1 unspecified atom stereocenters. The highest BCUT2D eigenvalue weighted by atomic mass is 32.2. The first kappa shape index (κ1) is 15.1. The second-order valence-electron chi connectivity index (χ2n) is 5.06. The summed E-state index contributed by atoms with van der Waals surface area (Å²) in [6, 6.07) is 0. The molecule has 2 rings (SSSR count). The van der Waals surface area contributed by atoms with E-state index in [-0.39, 0.29) is 0 Å². The molecule has 0 amide bonds. The molecule has 110 valence electrons. The second kappa shape index (κ2) is 5.99. The summed E-state index contributed by atoms with van der Waals surface area (Å²) in [6.07, 6.45) is 0.819. The first-order chi connectivity index (χ1) is 8.91. The highest BCUT2D eigenvalue weighted by molar-refractivity contribution is 8.00. The van der Waals surface area contributed by atoms with E-state index in [4.69, 9.17) is 5.11 Å². The lowest BCUT2D eigenvalue weighted by Gasteiger charge is -2.36. The van der Waals surface area contributed by atoms with Crippen LogP contribution in [0.15, 0.2) is 0 Å². The zero-order valence-corrected chi connectivity index (χ0v) is 12.6. The van der Waals surface area contributed by atoms with Crippen molar-refractivity contribution in [1.82, 2.24) is 8.61 Å². The summed E-state index contributed by atoms with van der Waals surface area (Å²) in [4.78, 5) is 10.9. The normalized spacial score (nSPS) is 28.4. The van der Waals surface area contributed by atoms with Gasteiger partial charge in [-0.1, -0.05) is 6.92 Å². The molecule has 0 spiro atoms. The molecule has 2 aliphatic heterocycles. The molecule has 0 aromatic heterocycles. The first-order valence-electron chi connectivity index (χ1n) is 6.51. The lowest BCUT2D eigenvalue weighted by molar-refractivity contribution is -0.142. The highest BCUT2D eigenvalue weighted by Crippen LogP contribution is 2.25. The van der Waals surface area contributed by atoms with Gasteiger partial charge < -0.3 is 5.11 Å². The third-order valence-electron chi connectivity index (χ3n) is 3.66. The predicted octanol–water partition coefficient (Wildman–Crippen LogP) is 0.465. The standard InChI is InChI=1S/C11H20N2O4S2/c1-9-8-13(6-7-18-9)19(16,17)12-4-2-10(3-5-12)11(14)15/h9-10H,2-8H2,1H3,(H,14,15). The van der Waals surface area contributed by atoms with Gasteiger partial charge in [0.15, 0.2) is 0 Å². The van der Waals surface area contributed by atoms with Gasteiger partial charge in [0.25, 0.3) is 10.2 Å². The molecule has 19 heavy (non-hydrogen) atoms. The number of carboxylic acid groups (broad SMARTS) is 1. The van der Waals surface area contributed by atoms with Crippen molar-refractivity contribution in [1.29, 1.82) is 0 Å². The summed E-state index contributed by atoms with van der Waals surface area (Å²) >= 11 is 1.79. The van der Waals surface area contributed by atoms with Crippen molar-refractivity contribution in [2.75, 3.05) is 31.9 Å². The van der Waals surface area contributed by atoms with Crippen LogP contribution in [0, 0.1) is 5.92 Å². The van der Waals surface area contributed by atoms with Gasteiger partial charge in [0, 0.05) is 37.2 Å². The number of thioether (sulfide) groups is 1. The molecule has 2 saturated heterocycles. The van der Waals surface area contributed by atoms with Crippen LogP contribution in [0.3, 0.4) is 0 Å². The Morgan fingerprint density at radius 2 is 1.84 bits per heavy atom. The van der Waals surface area contributed by atoms with Crippen LogP contribution >= 0.6 is 11.8 Å². The van der Waals surface area contributed by atoms with E-state index in [1.807, 2.05) is 6.92 Å². The number of piperidine rings is 1. The van der Waals surface area contributed by atoms with Crippen LogP contribution in [0.25, 0.3) is 0 Å². The average Bonchev–Trinajstić information content (AvgIpc) is 2.39. The fraction of sp³-hybridized carbons (Fsp3) is 0.909. The van der Waals surface area contributed by atoms with Crippen molar-refractivity contribution in [3.63, 3.8) is 0 Å². The molecule has 0 radical (unpaired) electrons. The summed E-state index contributed by atoms with van der Waals surface area (Å²) in [6.45, 7) is 3.76. The lowest BCUT2D eigenvalue weighted by Crippen LogP contribution is -2.51. The highest BCUT2D eigenvalue weighted by Gasteiger charge is 2.36. The van der Waals surface area contributed by atoms with Crippen LogP contribution in [0.1, 0.15) is 19.8 Å². The Morgan fingerprint density at radius 3 is 2.37 bits per heavy atom. The maximum Gasteiger partial charge on any atom is 0.306 e. The van der Waals surface area contributed by atoms with Crippen molar-refractivity contribution in [3.8, 4) is 0 Å². The maximum atomic E-state index is 12.5. The molecular formula is C11H20N2O4S2. The van der Waals surface area contributed by atoms with E-state index in [9.17, 15) is 13.2 Å². The molecule has 0 aromatic carbocycles. The van der Waals surface area contributed by atoms with E-state index in [0.29, 0.717) is 44.3 Å². The van der Waals surface area contributed by atoms with Gasteiger partial charge in [0.2, 0.25) is 0 Å². The van der Waals surface area contributed by atoms with Gasteiger partial charge in [-0.15, -0.1) is 0 Å². The number of hydrogen-bond acceptors (Lipinski definition) is 4. The summed E-state index contributed by atoms with van der Waals surface area (Å²) in [5.74, 6) is -0.395. The van der Waals surface area contributed by atoms with Crippen LogP contribution in [0.5, 0.6) is 0 Å². The van der Waals surface area contributed by atoms with Crippen molar-refractivity contribution in [2.24, 2.45) is 5.92 Å². The minimum absolute atomic E-state index is 0.317. The number of rotatable bonds is 3. The molecule has 0 saturated carbocycles. The topological polar surface area (TPSA) is 77.9 Å². The number of carbonyl (C=O) groups is 1. The van der Waals surface area contributed by atoms with Gasteiger partial charge >= 0.3 is 5.97 Å². The Bertz CT molecular complexity index is 432. The number of carboxylic acids is 1. The summed E-state index contributed by atoms with van der Waals surface area (Å²) in [5, 5.41) is 9.25. The van der Waals surface area contributed by atoms with Crippen LogP contribution in [0.4, 0.5) is 0 Å². The number of hydrogen-bond donors (Lipinski definition) is 1. The zero-order valence-electron chi connectivity index (χ0n) is 11.0. The molecule has 2 aliphatic rings. The Labute approximate surface area is 118 Å². The van der Waals surface area contributed by atoms with Gasteiger partial charge in [-0.3, -0.25) is 4.79 Å². The molecule has 0 bridgehead atoms. The fourth-order valence-electron chi connectivity index (χ4n) is 2.49. The fourth-order valence-corrected chi connectivity index (χ4v) is 5.45. The molecule has 6 nitrogen and oxygen atoms in total. The van der Waals surface area contributed by atoms with E-state index in [2.05, 4.69) is 0 Å². The molecule has 2 fully saturated rings. The first-order valence-corrected chi connectivity index (χ1v) is 8.95. The predicted molar refractivity (Wildman–Crippen MR) is 74.3 cm³/mol. The Balaban J connectivity index is 1.99. The van der Waals surface area contributed by atoms with Crippen molar-refractivity contribution >= 4 is 27.9 Å². The van der Waals surface area contributed by atoms with E-state index in [0.717, 1.165) is 5.75 Å². The zero-order chi connectivity index (χ0) is 14.0. The largest absolute Gasteiger partial charge is 0.481 e. The molecule has 0 aromatic rings. The molecular weight excluding hydrogens is 288 g/mol. The van der Waals surface area contributed by atoms with E-state index in [1.165, 1.54) is 8.61 Å². The molecule has 0 aliphatic carbocycles. The summed E-state index contributed by atoms with van der Waals surface area (Å²) < 4.78 is 27.9. The molecule has 1 N–H and O–H groups in total. The van der Waals surface area contributed by atoms with Crippen molar-refractivity contribution in [3.05, 3.63) is 0 Å². The van der Waals surface area contributed by atoms with Crippen LogP contribution in [-0.4, -0.2) is 65.3 Å². The molecule has 8 heteroatoms. The Kier molecular flexibility index (Phi) is 4.75. The van der Waals surface area contributed by atoms with Crippen LogP contribution in [-0.2, 0) is 15.0 Å². The van der Waals surface area contributed by atoms with E-state index < -0.39 is 22.1 Å². The monoisotopic (exact) mass is 308 g/mol. The van der Waals surface area contributed by atoms with Gasteiger partial charge in [-0.2, -0.15) is 28.8 Å². The Morgan fingerprint density at radius 1 is 1.21 bits per heavy atom. The van der Waals surface area contributed by atoms with Crippen molar-refractivity contribution < 1.29 is 18.3 Å². The van der Waals surface area contributed by atoms with E-state index >= 15 is 0 Å². The quantitative estimate of drug-likeness (QED) is 0.820. The Hall–Kier alpha value is -0.310. The average molecular weight is 308 g/mol. The van der Waals surface area contributed by atoms with E-state index in [1.54, 1.807) is 11.8 Å². The van der Waals surface area contributed by atoms with Gasteiger partial charge in [0.1, 0.15) is 0 Å². The summed E-state index contributed by atoms with van der Waals surface area (Å²) in [7, 11) is -3.41. The lowest BCUT2D eigenvalue weighted by atomic mass is 9.99. The van der Waals surface area contributed by atoms with Crippen LogP contribution in [0.2, 0.25) is 0 Å². The summed E-state index contributed by atoms with van der Waals surface area (Å²) in [5.41, 5.74) is 0. The van der Waals surface area contributed by atoms with Gasteiger partial charge in [-0.05, 0) is 12.8 Å². The number of aliphatic carboxylic acids is 1. The smallest absolute Gasteiger partial charge is 0.306 e. The van der Waals surface area contributed by atoms with Crippen molar-refractivity contribution in [2.45, 2.75) is 25.0 Å². The minimum Gasteiger partial charge on any atom is -0.481 e. The third kappa shape index (κ3) is 3.42. The van der Waals surface area contributed by atoms with Gasteiger partial charge in [-0.25, -0.2) is 0 Å². The molecule has 2 heterocycles. The second-order valence-corrected chi connectivity index (χ2v) is 8.53. The molecule has 1 atom stereocenters. The SMILES string of the molecule is CC1CN(S(=O)(=O)N2CCC(C(=O)O)CC2)CCS1. The van der Waals surface area contributed by atoms with Crippen LogP contribution < -0.4 is 0 Å². The third-order valence-corrected chi connectivity index (χ3v) is 6.80. The maximum absolute atomic E-state index is 12.5. The minimum atomic E-state index is -3.41. The van der Waals surface area contributed by atoms with Gasteiger partial charge in [0.05, 0.1) is 5.92 Å². The number of nitrogens with zero attached hydrogens (tertiary/aromatic N) is 2.